The van der Waals surface area contributed by atoms with Gasteiger partial charge < -0.3 is 10.2 Å². The van der Waals surface area contributed by atoms with Gasteiger partial charge in [0.05, 0.1) is 12.2 Å². The van der Waals surface area contributed by atoms with Gasteiger partial charge in [-0.2, -0.15) is 0 Å². The van der Waals surface area contributed by atoms with Gasteiger partial charge in [0, 0.05) is 10.8 Å². The Labute approximate surface area is 267 Å². The van der Waals surface area contributed by atoms with E-state index < -0.39 is 23.0 Å². The Morgan fingerprint density at radius 3 is 1.07 bits per heavy atom. The van der Waals surface area contributed by atoms with Crippen LogP contribution in [0.1, 0.15) is 94.9 Å². The van der Waals surface area contributed by atoms with Crippen molar-refractivity contribution >= 4 is 11.6 Å². The summed E-state index contributed by atoms with van der Waals surface area (Å²) in [6.07, 6.45) is 28.6. The average molecular weight is 601 g/mol. The number of ketones is 2. The van der Waals surface area contributed by atoms with Gasteiger partial charge >= 0.3 is 0 Å². The summed E-state index contributed by atoms with van der Waals surface area (Å²) in [5.74, 6) is 0.148. The zero-order valence-electron chi connectivity index (χ0n) is 28.8. The molecule has 2 fully saturated rings. The largest absolute Gasteiger partial charge is 0.393 e. The molecule has 0 amide bonds. The Kier molecular flexibility index (Phi) is 12.9. The third-order valence-electron chi connectivity index (χ3n) is 10.1. The number of hydrogen-bond donors (Lipinski definition) is 2. The Morgan fingerprint density at radius 2 is 0.773 bits per heavy atom. The normalized spacial score (nSPS) is 30.3. The zero-order valence-corrected chi connectivity index (χ0v) is 28.8. The molecular formula is C40H56O4. The molecule has 0 unspecified atom stereocenters. The Balaban J connectivity index is 1.87. The van der Waals surface area contributed by atoms with E-state index in [1.165, 1.54) is 0 Å². The maximum absolute atomic E-state index is 12.9. The van der Waals surface area contributed by atoms with Crippen LogP contribution in [0, 0.1) is 21.7 Å². The molecule has 0 aromatic carbocycles. The molecule has 4 atom stereocenters. The van der Waals surface area contributed by atoms with Crippen molar-refractivity contribution in [3.63, 3.8) is 0 Å². The molecule has 0 aliphatic heterocycles. The van der Waals surface area contributed by atoms with Crippen molar-refractivity contribution in [1.82, 2.24) is 0 Å². The number of aliphatic hydroxyl groups is 2. The van der Waals surface area contributed by atoms with Crippen LogP contribution in [0.25, 0.3) is 0 Å². The van der Waals surface area contributed by atoms with Gasteiger partial charge in [-0.25, -0.2) is 0 Å². The highest BCUT2D eigenvalue weighted by molar-refractivity contribution is 5.96. The van der Waals surface area contributed by atoms with Crippen molar-refractivity contribution in [2.45, 2.75) is 107 Å². The Bertz CT molecular complexity index is 1230. The lowest BCUT2D eigenvalue weighted by Crippen LogP contribution is -2.36. The molecule has 4 heteroatoms. The topological polar surface area (TPSA) is 74.6 Å². The molecule has 2 aliphatic rings. The van der Waals surface area contributed by atoms with Gasteiger partial charge in [0.15, 0.2) is 11.6 Å². The SMILES string of the molecule is CC(=C/C=C\C(C)=C\C=C\C=C(C)\C=C/C=C(C)\C=C\C(=O)[C@]1(C)C[C@@H](O)CC1(C)C)/C=C/C(=O)[C@]1(C)C[C@@H](O)CC1(C)C. The maximum Gasteiger partial charge on any atom is 0.162 e. The van der Waals surface area contributed by atoms with E-state index in [4.69, 9.17) is 0 Å². The summed E-state index contributed by atoms with van der Waals surface area (Å²) in [6, 6.07) is 0. The monoisotopic (exact) mass is 600 g/mol. The van der Waals surface area contributed by atoms with Crippen molar-refractivity contribution in [3.05, 3.63) is 107 Å². The fourth-order valence-electron chi connectivity index (χ4n) is 6.26. The highest BCUT2D eigenvalue weighted by Crippen LogP contribution is 2.54. The molecule has 0 saturated heterocycles. The quantitative estimate of drug-likeness (QED) is 0.173. The second kappa shape index (κ2) is 15.3. The summed E-state index contributed by atoms with van der Waals surface area (Å²) >= 11 is 0. The standard InChI is InChI=1S/C40H56O4/c1-29(17-13-19-31(3)21-23-35(43)39(9)27-33(41)25-37(39,5)6)15-11-12-16-30(2)18-14-20-32(4)22-24-36(44)40(10)28-34(42)26-38(40,7)8/h11-24,33-34,41-42H,25-28H2,1-10H3/b12-11+,17-13-,18-14-,23-21+,24-22+,29-15+,30-16+,31-19-,32-20-/t33-,34-,39-,40-/m0/s1. The van der Waals surface area contributed by atoms with Crippen LogP contribution >= 0.6 is 0 Å². The van der Waals surface area contributed by atoms with E-state index >= 15 is 0 Å². The second-order valence-corrected chi connectivity index (χ2v) is 14.7. The van der Waals surface area contributed by atoms with Crippen LogP contribution < -0.4 is 0 Å². The van der Waals surface area contributed by atoms with E-state index in [0.717, 1.165) is 22.3 Å². The minimum absolute atomic E-state index is 0.0742. The van der Waals surface area contributed by atoms with Crippen LogP contribution in [0.3, 0.4) is 0 Å². The van der Waals surface area contributed by atoms with Crippen LogP contribution in [-0.4, -0.2) is 34.0 Å². The molecule has 240 valence electrons. The molecule has 44 heavy (non-hydrogen) atoms. The van der Waals surface area contributed by atoms with Gasteiger partial charge in [-0.3, -0.25) is 9.59 Å². The smallest absolute Gasteiger partial charge is 0.162 e. The summed E-state index contributed by atoms with van der Waals surface area (Å²) < 4.78 is 0. The first-order valence-corrected chi connectivity index (χ1v) is 15.9. The van der Waals surface area contributed by atoms with E-state index in [0.29, 0.717) is 25.7 Å². The molecule has 2 N–H and O–H groups in total. The van der Waals surface area contributed by atoms with Crippen molar-refractivity contribution in [1.29, 1.82) is 0 Å². The Morgan fingerprint density at radius 1 is 0.477 bits per heavy atom. The fraction of sp³-hybridized carbons (Fsp3) is 0.500. The van der Waals surface area contributed by atoms with Crippen molar-refractivity contribution < 1.29 is 19.8 Å². The minimum Gasteiger partial charge on any atom is -0.393 e. The van der Waals surface area contributed by atoms with Gasteiger partial charge in [-0.05, 0) is 76.4 Å². The van der Waals surface area contributed by atoms with Gasteiger partial charge in [-0.15, -0.1) is 0 Å². The fourth-order valence-corrected chi connectivity index (χ4v) is 6.26. The molecule has 0 spiro atoms. The average Bonchev–Trinajstić information content (AvgIpc) is 3.27. The molecule has 0 aromatic rings. The van der Waals surface area contributed by atoms with Crippen LogP contribution in [0.15, 0.2) is 107 Å². The summed E-state index contributed by atoms with van der Waals surface area (Å²) in [5, 5.41) is 20.2. The van der Waals surface area contributed by atoms with Crippen LogP contribution in [0.5, 0.6) is 0 Å². The molecular weight excluding hydrogens is 544 g/mol. The number of carbonyl (C=O) groups excluding carboxylic acids is 2. The predicted molar refractivity (Wildman–Crippen MR) is 185 cm³/mol. The maximum atomic E-state index is 12.9. The number of allylic oxidation sites excluding steroid dienone is 18. The number of hydrogen-bond acceptors (Lipinski definition) is 4. The molecule has 0 bridgehead atoms. The second-order valence-electron chi connectivity index (χ2n) is 14.7. The summed E-state index contributed by atoms with van der Waals surface area (Å²) in [6.45, 7) is 20.2. The molecule has 2 rings (SSSR count). The van der Waals surface area contributed by atoms with E-state index in [2.05, 4.69) is 27.7 Å². The molecule has 2 aliphatic carbocycles. The molecule has 0 aromatic heterocycles. The zero-order chi connectivity index (χ0) is 33.3. The van der Waals surface area contributed by atoms with E-state index in [9.17, 15) is 19.8 Å². The number of aliphatic hydroxyl groups excluding tert-OH is 2. The number of rotatable bonds is 12. The highest BCUT2D eigenvalue weighted by Gasteiger charge is 2.53. The van der Waals surface area contributed by atoms with E-state index in [-0.39, 0.29) is 22.4 Å². The first-order chi connectivity index (χ1) is 20.3. The Hall–Kier alpha value is -3.08. The first-order valence-electron chi connectivity index (χ1n) is 15.9. The van der Waals surface area contributed by atoms with Gasteiger partial charge in [0.1, 0.15) is 0 Å². The molecule has 4 nitrogen and oxygen atoms in total. The molecule has 2 saturated carbocycles. The molecule has 0 heterocycles. The van der Waals surface area contributed by atoms with Gasteiger partial charge in [0.2, 0.25) is 0 Å². The third kappa shape index (κ3) is 9.71. The summed E-state index contributed by atoms with van der Waals surface area (Å²) in [5.41, 5.74) is 2.65. The molecule has 0 radical (unpaired) electrons. The summed E-state index contributed by atoms with van der Waals surface area (Å²) in [7, 11) is 0. The highest BCUT2D eigenvalue weighted by atomic mass is 16.3. The number of carbonyl (C=O) groups is 2. The third-order valence-corrected chi connectivity index (χ3v) is 10.1. The van der Waals surface area contributed by atoms with Crippen LogP contribution in [0.4, 0.5) is 0 Å². The van der Waals surface area contributed by atoms with Gasteiger partial charge in [-0.1, -0.05) is 137 Å². The van der Waals surface area contributed by atoms with Crippen LogP contribution in [0.2, 0.25) is 0 Å². The van der Waals surface area contributed by atoms with Crippen LogP contribution in [-0.2, 0) is 9.59 Å². The first kappa shape index (κ1) is 37.1. The van der Waals surface area contributed by atoms with Crippen molar-refractivity contribution in [2.24, 2.45) is 21.7 Å². The predicted octanol–water partition coefficient (Wildman–Crippen LogP) is 9.07. The van der Waals surface area contributed by atoms with Crippen molar-refractivity contribution in [2.75, 3.05) is 0 Å². The van der Waals surface area contributed by atoms with E-state index in [1.807, 2.05) is 114 Å². The summed E-state index contributed by atoms with van der Waals surface area (Å²) in [4.78, 5) is 25.9. The van der Waals surface area contributed by atoms with Crippen molar-refractivity contribution in [3.8, 4) is 0 Å². The minimum atomic E-state index is -0.542. The lowest BCUT2D eigenvalue weighted by atomic mass is 9.66. The van der Waals surface area contributed by atoms with E-state index in [1.54, 1.807) is 12.2 Å². The lowest BCUT2D eigenvalue weighted by molar-refractivity contribution is -0.128. The lowest BCUT2D eigenvalue weighted by Gasteiger charge is -2.35. The van der Waals surface area contributed by atoms with Gasteiger partial charge in [0.25, 0.3) is 0 Å².